The monoisotopic (exact) mass is 300 g/mol. The zero-order chi connectivity index (χ0) is 14.0. The fourth-order valence-corrected chi connectivity index (χ4v) is 2.44. The Hall–Kier alpha value is -1.12. The Bertz CT molecular complexity index is 597. The first-order valence-corrected chi connectivity index (χ1v) is 6.63. The largest absolute Gasteiger partial charge is 0.207 e. The highest BCUT2D eigenvalue weighted by atomic mass is 35.5. The van der Waals surface area contributed by atoms with Crippen molar-refractivity contribution in [2.45, 2.75) is 18.7 Å². The molecule has 0 saturated heterocycles. The van der Waals surface area contributed by atoms with Gasteiger partial charge in [-0.2, -0.15) is 0 Å². The van der Waals surface area contributed by atoms with Gasteiger partial charge in [0.1, 0.15) is 11.6 Å². The lowest BCUT2D eigenvalue weighted by Gasteiger charge is -2.12. The van der Waals surface area contributed by atoms with Crippen LogP contribution in [0.2, 0.25) is 5.02 Å². The van der Waals surface area contributed by atoms with Crippen LogP contribution in [-0.4, -0.2) is 0 Å². The summed E-state index contributed by atoms with van der Waals surface area (Å²) in [6.45, 7) is 1.52. The van der Waals surface area contributed by atoms with Gasteiger partial charge in [-0.15, -0.1) is 11.6 Å². The molecule has 0 amide bonds. The second-order valence-corrected chi connectivity index (χ2v) is 5.39. The molecule has 0 fully saturated rings. The minimum atomic E-state index is -0.631. The molecule has 100 valence electrons. The van der Waals surface area contributed by atoms with E-state index in [0.29, 0.717) is 11.4 Å². The molecule has 0 heterocycles. The average Bonchev–Trinajstić information content (AvgIpc) is 2.33. The lowest BCUT2D eigenvalue weighted by Crippen LogP contribution is -2.01. The van der Waals surface area contributed by atoms with E-state index in [0.717, 1.165) is 17.7 Å². The molecule has 0 aliphatic rings. The normalized spacial score (nSPS) is 12.5. The Morgan fingerprint density at radius 1 is 1.11 bits per heavy atom. The number of hydrogen-bond acceptors (Lipinski definition) is 0. The highest BCUT2D eigenvalue weighted by Gasteiger charge is 2.16. The standard InChI is InChI=1S/C15H12Cl2F2/c1-9-5-15(19)12(8-14(9)18)13(17)7-10-3-2-4-11(16)6-10/h2-6,8,13H,7H2,1H3. The maximum absolute atomic E-state index is 13.8. The highest BCUT2D eigenvalue weighted by Crippen LogP contribution is 2.29. The molecule has 0 aromatic heterocycles. The van der Waals surface area contributed by atoms with Crippen molar-refractivity contribution in [2.75, 3.05) is 0 Å². The van der Waals surface area contributed by atoms with Crippen LogP contribution in [0.25, 0.3) is 0 Å². The number of benzene rings is 2. The zero-order valence-corrected chi connectivity index (χ0v) is 11.8. The second kappa shape index (κ2) is 5.89. The predicted octanol–water partition coefficient (Wildman–Crippen LogP) is 5.45. The second-order valence-electron chi connectivity index (χ2n) is 4.42. The Morgan fingerprint density at radius 3 is 2.53 bits per heavy atom. The van der Waals surface area contributed by atoms with Gasteiger partial charge in [0.2, 0.25) is 0 Å². The van der Waals surface area contributed by atoms with Gasteiger partial charge < -0.3 is 0 Å². The van der Waals surface area contributed by atoms with Crippen LogP contribution in [0.1, 0.15) is 22.1 Å². The van der Waals surface area contributed by atoms with Crippen molar-refractivity contribution in [3.05, 3.63) is 69.7 Å². The van der Waals surface area contributed by atoms with Crippen LogP contribution in [0.15, 0.2) is 36.4 Å². The molecular weight excluding hydrogens is 289 g/mol. The summed E-state index contributed by atoms with van der Waals surface area (Å²) in [4.78, 5) is 0. The van der Waals surface area contributed by atoms with Crippen LogP contribution in [0.4, 0.5) is 8.78 Å². The van der Waals surface area contributed by atoms with Crippen LogP contribution in [-0.2, 0) is 6.42 Å². The Balaban J connectivity index is 2.25. The van der Waals surface area contributed by atoms with E-state index < -0.39 is 17.0 Å². The third-order valence-electron chi connectivity index (χ3n) is 2.92. The summed E-state index contributed by atoms with van der Waals surface area (Å²) in [6.07, 6.45) is 0.390. The van der Waals surface area contributed by atoms with E-state index >= 15 is 0 Å². The lowest BCUT2D eigenvalue weighted by molar-refractivity contribution is 0.575. The summed E-state index contributed by atoms with van der Waals surface area (Å²) in [5.74, 6) is -0.936. The van der Waals surface area contributed by atoms with Crippen molar-refractivity contribution < 1.29 is 8.78 Å². The molecule has 2 aromatic carbocycles. The summed E-state index contributed by atoms with van der Waals surface area (Å²) in [6, 6.07) is 9.49. The first-order chi connectivity index (χ1) is 8.97. The van der Waals surface area contributed by atoms with Gasteiger partial charge in [0.15, 0.2) is 0 Å². The molecule has 0 spiro atoms. The molecule has 1 unspecified atom stereocenters. The van der Waals surface area contributed by atoms with E-state index in [2.05, 4.69) is 0 Å². The summed E-state index contributed by atoms with van der Waals surface area (Å²) >= 11 is 12.0. The van der Waals surface area contributed by atoms with Crippen molar-refractivity contribution in [3.63, 3.8) is 0 Å². The van der Waals surface area contributed by atoms with E-state index in [1.54, 1.807) is 18.2 Å². The maximum atomic E-state index is 13.8. The van der Waals surface area contributed by atoms with Gasteiger partial charge in [-0.1, -0.05) is 23.7 Å². The first kappa shape index (κ1) is 14.3. The highest BCUT2D eigenvalue weighted by molar-refractivity contribution is 6.30. The van der Waals surface area contributed by atoms with Crippen LogP contribution in [0, 0.1) is 18.6 Å². The van der Waals surface area contributed by atoms with Crippen molar-refractivity contribution in [3.8, 4) is 0 Å². The van der Waals surface area contributed by atoms with Crippen molar-refractivity contribution in [2.24, 2.45) is 0 Å². The molecule has 0 aliphatic carbocycles. The van der Waals surface area contributed by atoms with E-state index in [4.69, 9.17) is 23.2 Å². The van der Waals surface area contributed by atoms with E-state index in [1.807, 2.05) is 6.07 Å². The zero-order valence-electron chi connectivity index (χ0n) is 10.3. The average molecular weight is 301 g/mol. The van der Waals surface area contributed by atoms with Gasteiger partial charge in [-0.25, -0.2) is 8.78 Å². The minimum absolute atomic E-state index is 0.171. The number of aryl methyl sites for hydroxylation is 1. The van der Waals surface area contributed by atoms with Gasteiger partial charge in [0, 0.05) is 10.6 Å². The van der Waals surface area contributed by atoms with Gasteiger partial charge in [0.05, 0.1) is 5.38 Å². The summed E-state index contributed by atoms with van der Waals surface area (Å²) < 4.78 is 27.3. The smallest absolute Gasteiger partial charge is 0.128 e. The summed E-state index contributed by atoms with van der Waals surface area (Å²) in [5, 5.41) is -0.0366. The quantitative estimate of drug-likeness (QED) is 0.661. The topological polar surface area (TPSA) is 0 Å². The number of halogens is 4. The van der Waals surface area contributed by atoms with Crippen LogP contribution in [0.5, 0.6) is 0 Å². The molecule has 2 rings (SSSR count). The first-order valence-electron chi connectivity index (χ1n) is 5.81. The van der Waals surface area contributed by atoms with Crippen molar-refractivity contribution >= 4 is 23.2 Å². The van der Waals surface area contributed by atoms with E-state index in [-0.39, 0.29) is 11.1 Å². The molecule has 0 N–H and O–H groups in total. The van der Waals surface area contributed by atoms with Gasteiger partial charge in [0.25, 0.3) is 0 Å². The van der Waals surface area contributed by atoms with Crippen LogP contribution >= 0.6 is 23.2 Å². The Labute approximate surface area is 121 Å². The molecule has 0 saturated carbocycles. The predicted molar refractivity (Wildman–Crippen MR) is 74.8 cm³/mol. The Morgan fingerprint density at radius 2 is 1.84 bits per heavy atom. The summed E-state index contributed by atoms with van der Waals surface area (Å²) in [5.41, 5.74) is 1.32. The molecule has 0 aliphatic heterocycles. The van der Waals surface area contributed by atoms with E-state index in [9.17, 15) is 8.78 Å². The fourth-order valence-electron chi connectivity index (χ4n) is 1.88. The van der Waals surface area contributed by atoms with Crippen molar-refractivity contribution in [1.29, 1.82) is 0 Å². The van der Waals surface area contributed by atoms with E-state index in [1.165, 1.54) is 6.92 Å². The number of hydrogen-bond donors (Lipinski definition) is 0. The molecule has 19 heavy (non-hydrogen) atoms. The van der Waals surface area contributed by atoms with Gasteiger partial charge in [-0.05, 0) is 48.7 Å². The van der Waals surface area contributed by atoms with Gasteiger partial charge >= 0.3 is 0 Å². The maximum Gasteiger partial charge on any atom is 0.128 e. The summed E-state index contributed by atoms with van der Waals surface area (Å²) in [7, 11) is 0. The van der Waals surface area contributed by atoms with Crippen molar-refractivity contribution in [1.82, 2.24) is 0 Å². The van der Waals surface area contributed by atoms with Crippen LogP contribution < -0.4 is 0 Å². The molecule has 0 bridgehead atoms. The molecule has 0 radical (unpaired) electrons. The fraction of sp³-hybridized carbons (Fsp3) is 0.200. The minimum Gasteiger partial charge on any atom is -0.207 e. The SMILES string of the molecule is Cc1cc(F)c(C(Cl)Cc2cccc(Cl)c2)cc1F. The van der Waals surface area contributed by atoms with Gasteiger partial charge in [-0.3, -0.25) is 0 Å². The lowest BCUT2D eigenvalue weighted by atomic mass is 10.0. The molecular formula is C15H12Cl2F2. The molecule has 1 atom stereocenters. The number of alkyl halides is 1. The Kier molecular flexibility index (Phi) is 4.43. The molecule has 4 heteroatoms. The van der Waals surface area contributed by atoms with Crippen LogP contribution in [0.3, 0.4) is 0 Å². The molecule has 0 nitrogen and oxygen atoms in total. The third kappa shape index (κ3) is 3.46. The number of rotatable bonds is 3. The third-order valence-corrected chi connectivity index (χ3v) is 3.54. The molecule has 2 aromatic rings.